The minimum absolute atomic E-state index is 0.0149. The van der Waals surface area contributed by atoms with Crippen molar-refractivity contribution in [2.75, 3.05) is 18.1 Å². The van der Waals surface area contributed by atoms with E-state index >= 15 is 0 Å². The summed E-state index contributed by atoms with van der Waals surface area (Å²) in [6, 6.07) is 16.6. The zero-order valence-corrected chi connectivity index (χ0v) is 17.0. The molecule has 144 valence electrons. The molecule has 0 fully saturated rings. The molecule has 28 heavy (non-hydrogen) atoms. The van der Waals surface area contributed by atoms with Crippen LogP contribution in [0, 0.1) is 5.41 Å². The van der Waals surface area contributed by atoms with Crippen LogP contribution in [0.1, 0.15) is 20.8 Å². The number of amidine groups is 1. The fraction of sp³-hybridized carbons (Fsp3) is 0.143. The number of aromatic hydroxyl groups is 1. The van der Waals surface area contributed by atoms with E-state index in [0.717, 1.165) is 21.0 Å². The van der Waals surface area contributed by atoms with Gasteiger partial charge in [0.15, 0.2) is 0 Å². The van der Waals surface area contributed by atoms with Crippen LogP contribution >= 0.6 is 23.1 Å². The lowest BCUT2D eigenvalue weighted by molar-refractivity contribution is 0.0951. The highest BCUT2D eigenvalue weighted by atomic mass is 32.2. The molecule has 1 heterocycles. The second kappa shape index (κ2) is 9.43. The maximum Gasteiger partial charge on any atom is 0.255 e. The molecular formula is C21H21N3O2S2. The van der Waals surface area contributed by atoms with E-state index in [1.54, 1.807) is 18.2 Å². The van der Waals surface area contributed by atoms with E-state index in [0.29, 0.717) is 24.4 Å². The highest BCUT2D eigenvalue weighted by Crippen LogP contribution is 2.23. The number of amides is 1. The first-order valence-corrected chi connectivity index (χ1v) is 10.8. The predicted molar refractivity (Wildman–Crippen MR) is 117 cm³/mol. The zero-order chi connectivity index (χ0) is 19.9. The molecule has 0 aliphatic heterocycles. The first-order chi connectivity index (χ1) is 13.6. The summed E-state index contributed by atoms with van der Waals surface area (Å²) in [5.41, 5.74) is 2.22. The van der Waals surface area contributed by atoms with Crippen LogP contribution in [0.2, 0.25) is 0 Å². The van der Waals surface area contributed by atoms with Gasteiger partial charge in [0, 0.05) is 17.1 Å². The molecule has 0 bridgehead atoms. The summed E-state index contributed by atoms with van der Waals surface area (Å²) in [7, 11) is 0. The van der Waals surface area contributed by atoms with Gasteiger partial charge in [-0.15, -0.1) is 23.1 Å². The Morgan fingerprint density at radius 2 is 1.96 bits per heavy atom. The number of phenolic OH excluding ortho intramolecular Hbond substituents is 1. The first kappa shape index (κ1) is 20.0. The SMILES string of the molecule is CSc1ccc(O)c(C(=O)NCCc2ccc(NC(=N)c3cccs3)cc2)c1. The Labute approximate surface area is 172 Å². The highest BCUT2D eigenvalue weighted by Gasteiger charge is 2.11. The Morgan fingerprint density at radius 3 is 2.64 bits per heavy atom. The van der Waals surface area contributed by atoms with Crippen LogP contribution in [0.25, 0.3) is 0 Å². The van der Waals surface area contributed by atoms with E-state index in [1.807, 2.05) is 48.0 Å². The van der Waals surface area contributed by atoms with Crippen LogP contribution in [0.4, 0.5) is 5.69 Å². The summed E-state index contributed by atoms with van der Waals surface area (Å²) in [4.78, 5) is 14.1. The molecule has 0 spiro atoms. The van der Waals surface area contributed by atoms with E-state index in [2.05, 4.69) is 10.6 Å². The number of rotatable bonds is 7. The van der Waals surface area contributed by atoms with Crippen molar-refractivity contribution in [3.8, 4) is 5.75 Å². The van der Waals surface area contributed by atoms with Crippen molar-refractivity contribution in [3.05, 3.63) is 76.0 Å². The molecule has 3 aromatic rings. The molecule has 2 aromatic carbocycles. The lowest BCUT2D eigenvalue weighted by Gasteiger charge is -2.09. The number of benzene rings is 2. The fourth-order valence-electron chi connectivity index (χ4n) is 2.62. The Bertz CT molecular complexity index is 954. The van der Waals surface area contributed by atoms with Gasteiger partial charge < -0.3 is 15.7 Å². The average molecular weight is 412 g/mol. The summed E-state index contributed by atoms with van der Waals surface area (Å²) in [6.45, 7) is 0.472. The summed E-state index contributed by atoms with van der Waals surface area (Å²) in [6.07, 6.45) is 2.60. The van der Waals surface area contributed by atoms with Gasteiger partial charge in [0.05, 0.1) is 10.4 Å². The van der Waals surface area contributed by atoms with Crippen LogP contribution in [-0.4, -0.2) is 29.6 Å². The molecule has 3 rings (SSSR count). The van der Waals surface area contributed by atoms with Gasteiger partial charge in [-0.05, 0) is 60.0 Å². The quantitative estimate of drug-likeness (QED) is 0.260. The molecule has 0 saturated carbocycles. The standard InChI is InChI=1S/C21H21N3O2S2/c1-27-16-8-9-18(25)17(13-16)21(26)23-11-10-14-4-6-15(7-5-14)24-20(22)19-3-2-12-28-19/h2-9,12-13,25H,10-11H2,1H3,(H2,22,24)(H,23,26). The number of hydrogen-bond donors (Lipinski definition) is 4. The van der Waals surface area contributed by atoms with Crippen LogP contribution < -0.4 is 10.6 Å². The van der Waals surface area contributed by atoms with Gasteiger partial charge in [0.1, 0.15) is 11.6 Å². The Balaban J connectivity index is 1.51. The second-order valence-corrected chi connectivity index (χ2v) is 7.89. The third kappa shape index (κ3) is 5.15. The zero-order valence-electron chi connectivity index (χ0n) is 15.4. The Kier molecular flexibility index (Phi) is 6.73. The Hall–Kier alpha value is -2.77. The third-order valence-corrected chi connectivity index (χ3v) is 5.75. The second-order valence-electron chi connectivity index (χ2n) is 6.06. The topological polar surface area (TPSA) is 85.2 Å². The molecular weight excluding hydrogens is 390 g/mol. The number of carbonyl (C=O) groups is 1. The average Bonchev–Trinajstić information content (AvgIpc) is 3.24. The minimum atomic E-state index is -0.281. The lowest BCUT2D eigenvalue weighted by Crippen LogP contribution is -2.25. The van der Waals surface area contributed by atoms with E-state index in [9.17, 15) is 9.90 Å². The monoisotopic (exact) mass is 411 g/mol. The molecule has 0 aliphatic rings. The minimum Gasteiger partial charge on any atom is -0.507 e. The van der Waals surface area contributed by atoms with Gasteiger partial charge in [0.25, 0.3) is 5.91 Å². The smallest absolute Gasteiger partial charge is 0.255 e. The van der Waals surface area contributed by atoms with Crippen LogP contribution in [-0.2, 0) is 6.42 Å². The number of phenols is 1. The molecule has 1 amide bonds. The maximum atomic E-state index is 12.3. The van der Waals surface area contributed by atoms with Crippen LogP contribution in [0.15, 0.2) is 64.9 Å². The molecule has 5 nitrogen and oxygen atoms in total. The van der Waals surface area contributed by atoms with Gasteiger partial charge in [-0.3, -0.25) is 10.2 Å². The molecule has 7 heteroatoms. The number of anilines is 1. The highest BCUT2D eigenvalue weighted by molar-refractivity contribution is 7.98. The number of carbonyl (C=O) groups excluding carboxylic acids is 1. The van der Waals surface area contributed by atoms with Crippen molar-refractivity contribution in [1.82, 2.24) is 5.32 Å². The van der Waals surface area contributed by atoms with Gasteiger partial charge in [-0.25, -0.2) is 0 Å². The molecule has 0 aliphatic carbocycles. The molecule has 0 saturated heterocycles. The lowest BCUT2D eigenvalue weighted by atomic mass is 10.1. The Morgan fingerprint density at radius 1 is 1.18 bits per heavy atom. The van der Waals surface area contributed by atoms with Crippen molar-refractivity contribution in [1.29, 1.82) is 5.41 Å². The largest absolute Gasteiger partial charge is 0.507 e. The first-order valence-electron chi connectivity index (χ1n) is 8.70. The van der Waals surface area contributed by atoms with Crippen LogP contribution in [0.5, 0.6) is 5.75 Å². The molecule has 0 unspecified atom stereocenters. The molecule has 1 aromatic heterocycles. The summed E-state index contributed by atoms with van der Waals surface area (Å²) >= 11 is 3.04. The van der Waals surface area contributed by atoms with Gasteiger partial charge in [-0.1, -0.05) is 18.2 Å². The van der Waals surface area contributed by atoms with Crippen molar-refractivity contribution in [3.63, 3.8) is 0 Å². The van der Waals surface area contributed by atoms with Crippen molar-refractivity contribution >= 4 is 40.5 Å². The van der Waals surface area contributed by atoms with Crippen LogP contribution in [0.3, 0.4) is 0 Å². The third-order valence-electron chi connectivity index (χ3n) is 4.14. The van der Waals surface area contributed by atoms with E-state index in [-0.39, 0.29) is 11.7 Å². The number of hydrogen-bond acceptors (Lipinski definition) is 5. The van der Waals surface area contributed by atoms with Crippen molar-refractivity contribution in [2.45, 2.75) is 11.3 Å². The predicted octanol–water partition coefficient (Wildman–Crippen LogP) is 4.59. The molecule has 4 N–H and O–H groups in total. The van der Waals surface area contributed by atoms with Gasteiger partial charge in [0.2, 0.25) is 0 Å². The number of thiophene rings is 1. The number of thioether (sulfide) groups is 1. The van der Waals surface area contributed by atoms with E-state index in [4.69, 9.17) is 5.41 Å². The fourth-order valence-corrected chi connectivity index (χ4v) is 3.69. The summed E-state index contributed by atoms with van der Waals surface area (Å²) in [5, 5.41) is 25.8. The normalized spacial score (nSPS) is 10.5. The van der Waals surface area contributed by atoms with Crippen molar-refractivity contribution < 1.29 is 9.90 Å². The van der Waals surface area contributed by atoms with Gasteiger partial charge >= 0.3 is 0 Å². The summed E-state index contributed by atoms with van der Waals surface area (Å²) in [5.74, 6) is 0.0808. The van der Waals surface area contributed by atoms with E-state index in [1.165, 1.54) is 23.1 Å². The molecule has 0 atom stereocenters. The van der Waals surface area contributed by atoms with E-state index < -0.39 is 0 Å². The molecule has 0 radical (unpaired) electrons. The maximum absolute atomic E-state index is 12.3. The van der Waals surface area contributed by atoms with Crippen molar-refractivity contribution in [2.24, 2.45) is 0 Å². The summed E-state index contributed by atoms with van der Waals surface area (Å²) < 4.78 is 0. The number of nitrogens with one attached hydrogen (secondary N) is 3. The van der Waals surface area contributed by atoms with Gasteiger partial charge in [-0.2, -0.15) is 0 Å².